The Balaban J connectivity index is 0.000000552. The van der Waals surface area contributed by atoms with Crippen molar-refractivity contribution in [1.82, 2.24) is 9.55 Å². The number of rotatable bonds is 2. The summed E-state index contributed by atoms with van der Waals surface area (Å²) in [5.41, 5.74) is 0.907. The highest BCUT2D eigenvalue weighted by atomic mass is 19.3. The lowest BCUT2D eigenvalue weighted by molar-refractivity contribution is 0.134. The van der Waals surface area contributed by atoms with Gasteiger partial charge in [0.1, 0.15) is 5.82 Å². The van der Waals surface area contributed by atoms with Gasteiger partial charge in [0.25, 0.3) is 5.56 Å². The molecule has 9 heteroatoms. The molecule has 1 aromatic carbocycles. The summed E-state index contributed by atoms with van der Waals surface area (Å²) in [5, 5.41) is 2.56. The molecule has 2 heterocycles. The van der Waals surface area contributed by atoms with Crippen molar-refractivity contribution in [3.05, 3.63) is 58.0 Å². The molecule has 2 aromatic rings. The first kappa shape index (κ1) is 20.5. The van der Waals surface area contributed by atoms with E-state index in [0.717, 1.165) is 19.8 Å². The molecule has 1 aromatic heterocycles. The number of amides is 1. The van der Waals surface area contributed by atoms with Crippen LogP contribution in [0.5, 0.6) is 0 Å². The first-order chi connectivity index (χ1) is 13.8. The van der Waals surface area contributed by atoms with E-state index in [1.807, 2.05) is 0 Å². The van der Waals surface area contributed by atoms with E-state index < -0.39 is 24.4 Å². The van der Waals surface area contributed by atoms with E-state index >= 15 is 0 Å². The van der Waals surface area contributed by atoms with Gasteiger partial charge >= 0.3 is 6.09 Å². The average Bonchev–Trinajstić information content (AvgIpc) is 3.47. The van der Waals surface area contributed by atoms with Crippen LogP contribution in [0.25, 0.3) is 0 Å². The summed E-state index contributed by atoms with van der Waals surface area (Å²) < 4.78 is 41.6. The number of fused-ring (bicyclic) bond motifs is 1. The van der Waals surface area contributed by atoms with Gasteiger partial charge in [-0.1, -0.05) is 11.8 Å². The first-order valence-corrected chi connectivity index (χ1v) is 8.93. The summed E-state index contributed by atoms with van der Waals surface area (Å²) in [6.45, 7) is 0.848. The molecule has 1 atom stereocenters. The number of nitrogens with one attached hydrogen (secondary N) is 1. The Morgan fingerprint density at radius 1 is 1.31 bits per heavy atom. The van der Waals surface area contributed by atoms with Crippen molar-refractivity contribution in [2.45, 2.75) is 38.8 Å². The Hall–Kier alpha value is -3.28. The van der Waals surface area contributed by atoms with Gasteiger partial charge in [-0.05, 0) is 31.9 Å². The van der Waals surface area contributed by atoms with Crippen LogP contribution in [-0.4, -0.2) is 22.1 Å². The van der Waals surface area contributed by atoms with Crippen LogP contribution in [0.2, 0.25) is 0 Å². The number of halogens is 3. The van der Waals surface area contributed by atoms with Crippen LogP contribution in [0.3, 0.4) is 0 Å². The molecule has 0 bridgehead atoms. The zero-order valence-corrected chi connectivity index (χ0v) is 15.5. The van der Waals surface area contributed by atoms with Gasteiger partial charge in [-0.15, -0.1) is 0 Å². The number of hydrogen-bond acceptors (Lipinski definition) is 4. The quantitative estimate of drug-likeness (QED) is 0.773. The van der Waals surface area contributed by atoms with Gasteiger partial charge in [0, 0.05) is 29.3 Å². The van der Waals surface area contributed by atoms with Gasteiger partial charge in [-0.2, -0.15) is 0 Å². The van der Waals surface area contributed by atoms with E-state index in [4.69, 9.17) is 4.74 Å². The maximum absolute atomic E-state index is 14.5. The lowest BCUT2D eigenvalue weighted by atomic mass is 10.0. The average molecular weight is 405 g/mol. The van der Waals surface area contributed by atoms with Crippen LogP contribution in [0.4, 0.5) is 23.7 Å². The van der Waals surface area contributed by atoms with Crippen LogP contribution in [-0.2, 0) is 11.3 Å². The lowest BCUT2D eigenvalue weighted by Crippen LogP contribution is -2.25. The van der Waals surface area contributed by atoms with Gasteiger partial charge in [0.05, 0.1) is 18.6 Å². The van der Waals surface area contributed by atoms with Crippen molar-refractivity contribution < 1.29 is 22.7 Å². The largest absolute Gasteiger partial charge is 0.428 e. The Morgan fingerprint density at radius 3 is 2.69 bits per heavy atom. The van der Waals surface area contributed by atoms with Crippen molar-refractivity contribution in [3.8, 4) is 11.8 Å². The number of alkyl halides is 2. The van der Waals surface area contributed by atoms with E-state index in [1.54, 1.807) is 0 Å². The molecule has 1 aliphatic carbocycles. The number of carbonyl (C=O) groups is 1. The van der Waals surface area contributed by atoms with Crippen molar-refractivity contribution in [1.29, 1.82) is 0 Å². The van der Waals surface area contributed by atoms with Gasteiger partial charge in [0.2, 0.25) is 6.43 Å². The van der Waals surface area contributed by atoms with E-state index in [9.17, 15) is 22.8 Å². The number of carbonyl (C=O) groups excluding carboxylic acids is 1. The molecule has 0 saturated heterocycles. The second-order valence-corrected chi connectivity index (χ2v) is 6.57. The topological polar surface area (TPSA) is 73.2 Å². The van der Waals surface area contributed by atoms with Gasteiger partial charge in [-0.25, -0.2) is 22.9 Å². The third-order valence-corrected chi connectivity index (χ3v) is 4.09. The van der Waals surface area contributed by atoms with Gasteiger partial charge < -0.3 is 4.74 Å². The van der Waals surface area contributed by atoms with Crippen LogP contribution < -0.4 is 10.9 Å². The molecule has 1 amide bonds. The van der Waals surface area contributed by atoms with Crippen molar-refractivity contribution in [2.24, 2.45) is 5.92 Å². The molecule has 1 aliphatic heterocycles. The summed E-state index contributed by atoms with van der Waals surface area (Å²) in [6.07, 6.45) is 1.24. The van der Waals surface area contributed by atoms with Crippen molar-refractivity contribution in [3.63, 3.8) is 0 Å². The fourth-order valence-electron chi connectivity index (χ4n) is 2.60. The van der Waals surface area contributed by atoms with Gasteiger partial charge in [0.15, 0.2) is 6.10 Å². The molecule has 152 valence electrons. The second kappa shape index (κ2) is 8.82. The number of hydrogen-bond donors (Lipinski definition) is 1. The summed E-state index contributed by atoms with van der Waals surface area (Å²) in [7, 11) is 0. The molecule has 4 rings (SSSR count). The summed E-state index contributed by atoms with van der Waals surface area (Å²) in [5.74, 6) is 5.80. The first-order valence-electron chi connectivity index (χ1n) is 8.93. The molecular weight excluding hydrogens is 387 g/mol. The highest BCUT2D eigenvalue weighted by Gasteiger charge is 2.27. The molecule has 1 N–H and O–H groups in total. The Kier molecular flexibility index (Phi) is 6.22. The standard InChI is InChI=1S/C18H14FN3O3.C2H4F2/c19-14-8-13-15(7-12(14)9-22-10-20-6-5-17(22)23)21-18(24)25-16(13)4-3-11-1-2-11;1-2(3)4/h5-8,10-11,16H,1-2,9H2,(H,21,24);2H,1H3/t16-;/m0./s1. The molecule has 6 nitrogen and oxygen atoms in total. The molecule has 0 unspecified atom stereocenters. The maximum atomic E-state index is 14.5. The van der Waals surface area contributed by atoms with E-state index in [-0.39, 0.29) is 17.7 Å². The highest BCUT2D eigenvalue weighted by molar-refractivity contribution is 5.88. The fraction of sp³-hybridized carbons (Fsp3) is 0.350. The zero-order valence-electron chi connectivity index (χ0n) is 15.5. The predicted octanol–water partition coefficient (Wildman–Crippen LogP) is 3.72. The summed E-state index contributed by atoms with van der Waals surface area (Å²) in [4.78, 5) is 27.4. The minimum absolute atomic E-state index is 0.0148. The predicted molar refractivity (Wildman–Crippen MR) is 99.0 cm³/mol. The van der Waals surface area contributed by atoms with E-state index in [0.29, 0.717) is 17.2 Å². The fourth-order valence-corrected chi connectivity index (χ4v) is 2.60. The number of anilines is 1. The molecule has 0 radical (unpaired) electrons. The number of benzene rings is 1. The van der Waals surface area contributed by atoms with E-state index in [1.165, 1.54) is 35.3 Å². The highest BCUT2D eigenvalue weighted by Crippen LogP contribution is 2.34. The van der Waals surface area contributed by atoms with Crippen LogP contribution in [0, 0.1) is 23.6 Å². The molecule has 0 spiro atoms. The second-order valence-electron chi connectivity index (χ2n) is 6.57. The smallest absolute Gasteiger partial charge is 0.413 e. The maximum Gasteiger partial charge on any atom is 0.413 e. The van der Waals surface area contributed by atoms with Crippen molar-refractivity contribution in [2.75, 3.05) is 5.32 Å². The van der Waals surface area contributed by atoms with Crippen LogP contribution >= 0.6 is 0 Å². The third kappa shape index (κ3) is 5.60. The number of nitrogens with zero attached hydrogens (tertiary/aromatic N) is 2. The van der Waals surface area contributed by atoms with Crippen LogP contribution in [0.1, 0.15) is 37.0 Å². The minimum atomic E-state index is -2.17. The molecule has 29 heavy (non-hydrogen) atoms. The van der Waals surface area contributed by atoms with E-state index in [2.05, 4.69) is 22.1 Å². The SMILES string of the molecule is CC(F)F.O=C1Nc2cc(Cn3cnccc3=O)c(F)cc2[C@H](C#CC2CC2)O1. The monoisotopic (exact) mass is 405 g/mol. The van der Waals surface area contributed by atoms with Crippen molar-refractivity contribution >= 4 is 11.8 Å². The Morgan fingerprint density at radius 2 is 2.03 bits per heavy atom. The molecular formula is C20H18F3N3O3. The molecule has 1 fully saturated rings. The molecule has 1 saturated carbocycles. The number of cyclic esters (lactones) is 1. The van der Waals surface area contributed by atoms with Crippen LogP contribution in [0.15, 0.2) is 35.5 Å². The number of aromatic nitrogens is 2. The normalized spacial score (nSPS) is 17.1. The summed E-state index contributed by atoms with van der Waals surface area (Å²) >= 11 is 0. The third-order valence-electron chi connectivity index (χ3n) is 4.09. The Bertz CT molecular complexity index is 1020. The zero-order chi connectivity index (χ0) is 21.0. The lowest BCUT2D eigenvalue weighted by Gasteiger charge is -2.23. The van der Waals surface area contributed by atoms with Gasteiger partial charge in [-0.3, -0.25) is 14.7 Å². The molecule has 2 aliphatic rings. The Labute approximate surface area is 164 Å². The number of ether oxygens (including phenoxy) is 1. The summed E-state index contributed by atoms with van der Waals surface area (Å²) in [6, 6.07) is 4.11. The minimum Gasteiger partial charge on any atom is -0.428 e.